The number of carbonyl (C=O) groups is 1. The van der Waals surface area contributed by atoms with Crippen molar-refractivity contribution >= 4 is 32.9 Å². The monoisotopic (exact) mass is 387 g/mol. The van der Waals surface area contributed by atoms with E-state index in [2.05, 4.69) is 9.89 Å². The van der Waals surface area contributed by atoms with E-state index < -0.39 is 16.1 Å². The molecule has 0 aliphatic heterocycles. The van der Waals surface area contributed by atoms with Crippen LogP contribution in [0.3, 0.4) is 0 Å². The van der Waals surface area contributed by atoms with Crippen molar-refractivity contribution in [1.82, 2.24) is 0 Å². The standard InChI is InChI=1S/C16H21NO6S2/c1-21-12-8-10-14(11-9-12)25(19,20)23-17-15(16(18)22-2)24-13-6-4-3-5-7-13/h8-11,13H,3-7H2,1-2H3/b17-15-. The lowest BCUT2D eigenvalue weighted by Crippen LogP contribution is -2.19. The normalized spacial score (nSPS) is 16.3. The minimum absolute atomic E-state index is 0.0797. The average molecular weight is 387 g/mol. The second-order valence-electron chi connectivity index (χ2n) is 5.47. The van der Waals surface area contributed by atoms with Crippen molar-refractivity contribution in [2.24, 2.45) is 5.16 Å². The predicted octanol–water partition coefficient (Wildman–Crippen LogP) is 2.95. The van der Waals surface area contributed by atoms with Gasteiger partial charge in [0.15, 0.2) is 0 Å². The van der Waals surface area contributed by atoms with Crippen LogP contribution in [0.15, 0.2) is 34.3 Å². The van der Waals surface area contributed by atoms with E-state index >= 15 is 0 Å². The van der Waals surface area contributed by atoms with Crippen LogP contribution in [0.4, 0.5) is 0 Å². The molecule has 0 spiro atoms. The lowest BCUT2D eigenvalue weighted by atomic mass is 10.0. The number of nitrogens with zero attached hydrogens (tertiary/aromatic N) is 1. The molecule has 9 heteroatoms. The summed E-state index contributed by atoms with van der Waals surface area (Å²) in [5.74, 6) is -0.189. The molecule has 0 atom stereocenters. The Hall–Kier alpha value is -1.74. The zero-order chi connectivity index (χ0) is 18.3. The molecule has 0 N–H and O–H groups in total. The van der Waals surface area contributed by atoms with Crippen molar-refractivity contribution in [3.8, 4) is 5.75 Å². The Morgan fingerprint density at radius 2 is 1.76 bits per heavy atom. The minimum atomic E-state index is -4.13. The Morgan fingerprint density at radius 3 is 2.32 bits per heavy atom. The lowest BCUT2D eigenvalue weighted by molar-refractivity contribution is -0.132. The molecule has 7 nitrogen and oxygen atoms in total. The molecule has 25 heavy (non-hydrogen) atoms. The largest absolute Gasteiger partial charge is 0.497 e. The molecule has 138 valence electrons. The molecule has 0 aromatic heterocycles. The maximum absolute atomic E-state index is 12.2. The Kier molecular flexibility index (Phi) is 7.12. The Labute approximate surface area is 151 Å². The molecule has 1 saturated carbocycles. The smallest absolute Gasteiger partial charge is 0.366 e. The van der Waals surface area contributed by atoms with Crippen molar-refractivity contribution in [3.63, 3.8) is 0 Å². The van der Waals surface area contributed by atoms with Gasteiger partial charge in [-0.1, -0.05) is 36.2 Å². The van der Waals surface area contributed by atoms with Crippen molar-refractivity contribution < 1.29 is 27.0 Å². The van der Waals surface area contributed by atoms with Gasteiger partial charge in [-0.05, 0) is 37.1 Å². The number of methoxy groups -OCH3 is 2. The van der Waals surface area contributed by atoms with Crippen LogP contribution in [-0.4, -0.2) is 38.9 Å². The van der Waals surface area contributed by atoms with Crippen LogP contribution in [-0.2, 0) is 23.9 Å². The summed E-state index contributed by atoms with van der Waals surface area (Å²) in [5.41, 5.74) is 0. The highest BCUT2D eigenvalue weighted by atomic mass is 32.2. The number of thioether (sulfide) groups is 1. The summed E-state index contributed by atoms with van der Waals surface area (Å²) < 4.78 is 38.8. The number of benzene rings is 1. The topological polar surface area (TPSA) is 91.3 Å². The molecule has 1 fully saturated rings. The zero-order valence-corrected chi connectivity index (χ0v) is 15.8. The number of rotatable bonds is 5. The van der Waals surface area contributed by atoms with Crippen LogP contribution >= 0.6 is 11.8 Å². The second kappa shape index (κ2) is 9.10. The number of ether oxygens (including phenoxy) is 2. The Morgan fingerprint density at radius 1 is 1.12 bits per heavy atom. The van der Waals surface area contributed by atoms with E-state index in [0.29, 0.717) is 5.75 Å². The van der Waals surface area contributed by atoms with Gasteiger partial charge in [0.05, 0.1) is 14.2 Å². The highest BCUT2D eigenvalue weighted by molar-refractivity contribution is 8.16. The van der Waals surface area contributed by atoms with Crippen molar-refractivity contribution in [1.29, 1.82) is 0 Å². The van der Waals surface area contributed by atoms with Crippen molar-refractivity contribution in [2.75, 3.05) is 14.2 Å². The summed E-state index contributed by atoms with van der Waals surface area (Å²) in [5, 5.41) is 3.68. The second-order valence-corrected chi connectivity index (χ2v) is 8.29. The van der Waals surface area contributed by atoms with E-state index in [0.717, 1.165) is 25.7 Å². The number of esters is 1. The van der Waals surface area contributed by atoms with E-state index in [1.165, 1.54) is 56.7 Å². The summed E-state index contributed by atoms with van der Waals surface area (Å²) in [7, 11) is -1.43. The fraction of sp³-hybridized carbons (Fsp3) is 0.500. The molecule has 1 aromatic rings. The van der Waals surface area contributed by atoms with Crippen LogP contribution in [0.5, 0.6) is 5.75 Å². The van der Waals surface area contributed by atoms with Crippen LogP contribution in [0.1, 0.15) is 32.1 Å². The highest BCUT2D eigenvalue weighted by Gasteiger charge is 2.24. The van der Waals surface area contributed by atoms with Crippen LogP contribution < -0.4 is 4.74 Å². The third kappa shape index (κ3) is 5.64. The molecule has 1 aromatic carbocycles. The quantitative estimate of drug-likeness (QED) is 0.332. The molecule has 0 saturated heterocycles. The van der Waals surface area contributed by atoms with Gasteiger partial charge < -0.3 is 9.47 Å². The van der Waals surface area contributed by atoms with Crippen LogP contribution in [0, 0.1) is 0 Å². The maximum atomic E-state index is 12.2. The number of hydrogen-bond donors (Lipinski definition) is 0. The predicted molar refractivity (Wildman–Crippen MR) is 95.2 cm³/mol. The fourth-order valence-corrected chi connectivity index (χ4v) is 4.32. The van der Waals surface area contributed by atoms with Gasteiger partial charge in [0.2, 0.25) is 5.04 Å². The molecule has 0 amide bonds. The molecule has 0 radical (unpaired) electrons. The first kappa shape index (κ1) is 19.6. The molecule has 2 rings (SSSR count). The SMILES string of the molecule is COC(=O)/C(=N/OS(=O)(=O)c1ccc(OC)cc1)SC1CCCCC1. The molecule has 1 aliphatic carbocycles. The van der Waals surface area contributed by atoms with Gasteiger partial charge in [-0.2, -0.15) is 8.42 Å². The zero-order valence-electron chi connectivity index (χ0n) is 14.1. The van der Waals surface area contributed by atoms with Gasteiger partial charge in [0, 0.05) is 5.25 Å². The van der Waals surface area contributed by atoms with E-state index in [1.54, 1.807) is 0 Å². The van der Waals surface area contributed by atoms with Gasteiger partial charge in [0.1, 0.15) is 10.6 Å². The summed E-state index contributed by atoms with van der Waals surface area (Å²) >= 11 is 1.21. The number of oxime groups is 1. The lowest BCUT2D eigenvalue weighted by Gasteiger charge is -2.20. The van der Waals surface area contributed by atoms with E-state index in [4.69, 9.17) is 9.02 Å². The van der Waals surface area contributed by atoms with Gasteiger partial charge >= 0.3 is 16.1 Å². The maximum Gasteiger partial charge on any atom is 0.366 e. The Balaban J connectivity index is 2.12. The highest BCUT2D eigenvalue weighted by Crippen LogP contribution is 2.30. The number of carbonyl (C=O) groups excluding carboxylic acids is 1. The molecule has 1 aliphatic rings. The Bertz CT molecular complexity index is 709. The molecule has 0 heterocycles. The first-order valence-corrected chi connectivity index (χ1v) is 10.2. The summed E-state index contributed by atoms with van der Waals surface area (Å²) in [4.78, 5) is 11.8. The first-order chi connectivity index (χ1) is 12.0. The molecular formula is C16H21NO6S2. The van der Waals surface area contributed by atoms with Gasteiger partial charge in [-0.3, -0.25) is 4.28 Å². The first-order valence-electron chi connectivity index (χ1n) is 7.87. The van der Waals surface area contributed by atoms with E-state index in [-0.39, 0.29) is 15.2 Å². The van der Waals surface area contributed by atoms with Gasteiger partial charge in [0.25, 0.3) is 0 Å². The minimum Gasteiger partial charge on any atom is -0.497 e. The van der Waals surface area contributed by atoms with Crippen molar-refractivity contribution in [3.05, 3.63) is 24.3 Å². The van der Waals surface area contributed by atoms with Crippen LogP contribution in [0.25, 0.3) is 0 Å². The third-order valence-electron chi connectivity index (χ3n) is 3.76. The molecular weight excluding hydrogens is 366 g/mol. The van der Waals surface area contributed by atoms with E-state index in [1.807, 2.05) is 0 Å². The summed E-state index contributed by atoms with van der Waals surface area (Å²) in [6, 6.07) is 5.68. The van der Waals surface area contributed by atoms with Crippen molar-refractivity contribution in [2.45, 2.75) is 42.2 Å². The van der Waals surface area contributed by atoms with Gasteiger partial charge in [-0.25, -0.2) is 4.79 Å². The number of hydrogen-bond acceptors (Lipinski definition) is 8. The van der Waals surface area contributed by atoms with Gasteiger partial charge in [-0.15, -0.1) is 0 Å². The molecule has 0 bridgehead atoms. The molecule has 0 unspecified atom stereocenters. The fourth-order valence-electron chi connectivity index (χ4n) is 2.40. The third-order valence-corrected chi connectivity index (χ3v) is 6.15. The summed E-state index contributed by atoms with van der Waals surface area (Å²) in [6.45, 7) is 0. The average Bonchev–Trinajstić information content (AvgIpc) is 2.65. The van der Waals surface area contributed by atoms with E-state index in [9.17, 15) is 13.2 Å². The van der Waals surface area contributed by atoms with Crippen LogP contribution in [0.2, 0.25) is 0 Å². The summed E-state index contributed by atoms with van der Waals surface area (Å²) in [6.07, 6.45) is 5.23.